The largest absolute Gasteiger partial charge is 0.457 e. The van der Waals surface area contributed by atoms with Gasteiger partial charge in [0.2, 0.25) is 0 Å². The average Bonchev–Trinajstić information content (AvgIpc) is 3.19. The fraction of sp³-hybridized carbons (Fsp3) is 0.136. The van der Waals surface area contributed by atoms with E-state index in [1.807, 2.05) is 42.5 Å². The lowest BCUT2D eigenvalue weighted by Gasteiger charge is -2.16. The van der Waals surface area contributed by atoms with E-state index in [-0.39, 0.29) is 12.6 Å². The number of halogens is 1. The van der Waals surface area contributed by atoms with Gasteiger partial charge in [-0.2, -0.15) is 0 Å². The van der Waals surface area contributed by atoms with Crippen LogP contribution in [-0.4, -0.2) is 30.1 Å². The molecule has 1 saturated heterocycles. The minimum atomic E-state index is -0.481. The van der Waals surface area contributed by atoms with E-state index >= 15 is 0 Å². The molecule has 1 N–H and O–H groups in total. The van der Waals surface area contributed by atoms with E-state index in [0.717, 1.165) is 16.8 Å². The summed E-state index contributed by atoms with van der Waals surface area (Å²) in [6, 6.07) is 17.9. The van der Waals surface area contributed by atoms with Crippen molar-refractivity contribution in [1.82, 2.24) is 10.3 Å². The first-order valence-corrected chi connectivity index (χ1v) is 9.52. The van der Waals surface area contributed by atoms with Crippen LogP contribution >= 0.6 is 11.6 Å². The second-order valence-electron chi connectivity index (χ2n) is 6.54. The van der Waals surface area contributed by atoms with Crippen LogP contribution in [0.5, 0.6) is 0 Å². The van der Waals surface area contributed by atoms with Gasteiger partial charge >= 0.3 is 12.0 Å². The van der Waals surface area contributed by atoms with Crippen LogP contribution in [0.15, 0.2) is 66.9 Å². The van der Waals surface area contributed by atoms with E-state index in [1.165, 1.54) is 4.90 Å². The van der Waals surface area contributed by atoms with Crippen molar-refractivity contribution in [1.29, 1.82) is 0 Å². The second kappa shape index (κ2) is 8.32. The maximum Gasteiger partial charge on any atom is 0.338 e. The van der Waals surface area contributed by atoms with Crippen molar-refractivity contribution in [2.75, 3.05) is 18.0 Å². The normalized spacial score (nSPS) is 13.3. The molecule has 146 valence electrons. The Labute approximate surface area is 173 Å². The molecule has 1 aliphatic heterocycles. The first-order valence-electron chi connectivity index (χ1n) is 9.14. The molecule has 29 heavy (non-hydrogen) atoms. The van der Waals surface area contributed by atoms with Crippen molar-refractivity contribution in [3.63, 3.8) is 0 Å². The lowest BCUT2D eigenvalue weighted by Crippen LogP contribution is -2.28. The average molecular weight is 408 g/mol. The second-order valence-corrected chi connectivity index (χ2v) is 6.95. The van der Waals surface area contributed by atoms with E-state index < -0.39 is 5.97 Å². The smallest absolute Gasteiger partial charge is 0.338 e. The number of ether oxygens (including phenoxy) is 1. The Kier molecular flexibility index (Phi) is 5.44. The minimum Gasteiger partial charge on any atom is -0.457 e. The summed E-state index contributed by atoms with van der Waals surface area (Å²) in [6.07, 6.45) is 1.74. The van der Waals surface area contributed by atoms with E-state index in [2.05, 4.69) is 10.3 Å². The van der Waals surface area contributed by atoms with Gasteiger partial charge in [0, 0.05) is 24.8 Å². The standard InChI is InChI=1S/C22H18ClN3O3/c23-18-8-7-17(13-20(18)26-11-10-25-22(26)28)21(27)29-14-15-4-3-5-16(12-15)19-6-1-2-9-24-19/h1-9,12-13H,10-11,14H2,(H,25,28). The molecule has 2 heterocycles. The highest BCUT2D eigenvalue weighted by molar-refractivity contribution is 6.34. The number of hydrogen-bond acceptors (Lipinski definition) is 4. The Morgan fingerprint density at radius 1 is 1.14 bits per heavy atom. The zero-order chi connectivity index (χ0) is 20.2. The number of nitrogens with one attached hydrogen (secondary N) is 1. The van der Waals surface area contributed by atoms with Gasteiger partial charge < -0.3 is 10.1 Å². The summed E-state index contributed by atoms with van der Waals surface area (Å²) >= 11 is 6.22. The number of urea groups is 1. The summed E-state index contributed by atoms with van der Waals surface area (Å²) in [4.78, 5) is 30.3. The van der Waals surface area contributed by atoms with Gasteiger partial charge in [-0.05, 0) is 42.0 Å². The van der Waals surface area contributed by atoms with Crippen LogP contribution in [0.1, 0.15) is 15.9 Å². The van der Waals surface area contributed by atoms with Gasteiger partial charge in [-0.15, -0.1) is 0 Å². The van der Waals surface area contributed by atoms with Crippen LogP contribution in [0.4, 0.5) is 10.5 Å². The van der Waals surface area contributed by atoms with E-state index in [1.54, 1.807) is 24.4 Å². The van der Waals surface area contributed by atoms with E-state index in [9.17, 15) is 9.59 Å². The van der Waals surface area contributed by atoms with Crippen LogP contribution in [0, 0.1) is 0 Å². The fourth-order valence-electron chi connectivity index (χ4n) is 3.13. The maximum atomic E-state index is 12.5. The van der Waals surface area contributed by atoms with E-state index in [4.69, 9.17) is 16.3 Å². The van der Waals surface area contributed by atoms with Gasteiger partial charge in [-0.3, -0.25) is 9.88 Å². The molecule has 0 spiro atoms. The highest BCUT2D eigenvalue weighted by Crippen LogP contribution is 2.28. The number of carbonyl (C=O) groups excluding carboxylic acids is 2. The lowest BCUT2D eigenvalue weighted by molar-refractivity contribution is 0.0472. The van der Waals surface area contributed by atoms with Crippen molar-refractivity contribution in [2.24, 2.45) is 0 Å². The number of benzene rings is 2. The number of anilines is 1. The number of nitrogens with zero attached hydrogens (tertiary/aromatic N) is 2. The summed E-state index contributed by atoms with van der Waals surface area (Å²) in [6.45, 7) is 1.16. The molecule has 7 heteroatoms. The van der Waals surface area contributed by atoms with Crippen LogP contribution < -0.4 is 10.2 Å². The first kappa shape index (κ1) is 19.0. The molecule has 0 unspecified atom stereocenters. The molecule has 2 amide bonds. The SMILES string of the molecule is O=C(OCc1cccc(-c2ccccn2)c1)c1ccc(Cl)c(N2CCNC2=O)c1. The van der Waals surface area contributed by atoms with Crippen LogP contribution in [-0.2, 0) is 11.3 Å². The van der Waals surface area contributed by atoms with Crippen molar-refractivity contribution in [3.05, 3.63) is 83.0 Å². The third kappa shape index (κ3) is 4.22. The van der Waals surface area contributed by atoms with Crippen LogP contribution in [0.3, 0.4) is 0 Å². The number of aromatic nitrogens is 1. The fourth-order valence-corrected chi connectivity index (χ4v) is 3.35. The van der Waals surface area contributed by atoms with Crippen LogP contribution in [0.2, 0.25) is 5.02 Å². The van der Waals surface area contributed by atoms with Crippen molar-refractivity contribution < 1.29 is 14.3 Å². The topological polar surface area (TPSA) is 71.5 Å². The number of esters is 1. The molecule has 1 aliphatic rings. The Bertz CT molecular complexity index is 1060. The Morgan fingerprint density at radius 3 is 2.79 bits per heavy atom. The summed E-state index contributed by atoms with van der Waals surface area (Å²) in [5, 5.41) is 3.12. The molecular weight excluding hydrogens is 390 g/mol. The predicted molar refractivity (Wildman–Crippen MR) is 111 cm³/mol. The quantitative estimate of drug-likeness (QED) is 0.640. The van der Waals surface area contributed by atoms with Crippen LogP contribution in [0.25, 0.3) is 11.3 Å². The Hall–Kier alpha value is -3.38. The first-order chi connectivity index (χ1) is 14.1. The van der Waals surface area contributed by atoms with Gasteiger partial charge in [0.25, 0.3) is 0 Å². The maximum absolute atomic E-state index is 12.5. The summed E-state index contributed by atoms with van der Waals surface area (Å²) in [7, 11) is 0. The number of pyridine rings is 1. The molecule has 0 aliphatic carbocycles. The third-order valence-corrected chi connectivity index (χ3v) is 4.91. The minimum absolute atomic E-state index is 0.127. The molecule has 6 nitrogen and oxygen atoms in total. The van der Waals surface area contributed by atoms with Crippen molar-refractivity contribution in [2.45, 2.75) is 6.61 Å². The molecule has 0 atom stereocenters. The summed E-state index contributed by atoms with van der Waals surface area (Å²) < 4.78 is 5.47. The van der Waals surface area contributed by atoms with Gasteiger partial charge in [0.15, 0.2) is 0 Å². The van der Waals surface area contributed by atoms with Gasteiger partial charge in [-0.1, -0.05) is 35.9 Å². The zero-order valence-corrected chi connectivity index (χ0v) is 16.2. The predicted octanol–water partition coefficient (Wildman–Crippen LogP) is 4.29. The van der Waals surface area contributed by atoms with Gasteiger partial charge in [0.05, 0.1) is 22.0 Å². The number of carbonyl (C=O) groups is 2. The highest BCUT2D eigenvalue weighted by atomic mass is 35.5. The van der Waals surface area contributed by atoms with E-state index in [0.29, 0.717) is 29.4 Å². The van der Waals surface area contributed by atoms with Crippen molar-refractivity contribution >= 4 is 29.3 Å². The molecular formula is C22H18ClN3O3. The molecule has 1 fully saturated rings. The van der Waals surface area contributed by atoms with Gasteiger partial charge in [-0.25, -0.2) is 9.59 Å². The molecule has 0 radical (unpaired) electrons. The zero-order valence-electron chi connectivity index (χ0n) is 15.5. The molecule has 2 aromatic carbocycles. The number of rotatable bonds is 5. The third-order valence-electron chi connectivity index (χ3n) is 4.59. The van der Waals surface area contributed by atoms with Gasteiger partial charge in [0.1, 0.15) is 6.61 Å². The Morgan fingerprint density at radius 2 is 2.03 bits per heavy atom. The summed E-state index contributed by atoms with van der Waals surface area (Å²) in [5.74, 6) is -0.481. The number of hydrogen-bond donors (Lipinski definition) is 1. The molecule has 4 rings (SSSR count). The number of amides is 2. The molecule has 1 aromatic heterocycles. The molecule has 0 saturated carbocycles. The van der Waals surface area contributed by atoms with Crippen molar-refractivity contribution in [3.8, 4) is 11.3 Å². The highest BCUT2D eigenvalue weighted by Gasteiger charge is 2.24. The molecule has 3 aromatic rings. The molecule has 0 bridgehead atoms. The lowest BCUT2D eigenvalue weighted by atomic mass is 10.1. The monoisotopic (exact) mass is 407 g/mol. The Balaban J connectivity index is 1.47. The summed E-state index contributed by atoms with van der Waals surface area (Å²) in [5.41, 5.74) is 3.49.